The molecule has 0 aliphatic heterocycles. The summed E-state index contributed by atoms with van der Waals surface area (Å²) < 4.78 is 27.4. The van der Waals surface area contributed by atoms with Crippen molar-refractivity contribution >= 4 is 16.7 Å². The molecule has 3 rings (SSSR count). The van der Waals surface area contributed by atoms with E-state index in [1.54, 1.807) is 12.1 Å². The Kier molecular flexibility index (Phi) is 5.51. The number of anilines is 1. The van der Waals surface area contributed by atoms with Gasteiger partial charge in [-0.2, -0.15) is 0 Å². The number of halogens is 2. The molecule has 0 spiro atoms. The average Bonchev–Trinajstić information content (AvgIpc) is 2.62. The van der Waals surface area contributed by atoms with E-state index in [9.17, 15) is 13.9 Å². The standard InChI is InChI=1S/C20H22F2N4O/c1-11(2)7-13(23)10-24-19-14-5-3-4-6-17(14)25-20(26-19)15-8-12(21)9-16(22)18(15)27/h3-6,8-9,11,13,27H,7,10,23H2,1-2H3,(H,24,25,26). The van der Waals surface area contributed by atoms with Crippen LogP contribution in [0.1, 0.15) is 20.3 Å². The smallest absolute Gasteiger partial charge is 0.168 e. The molecular weight excluding hydrogens is 350 g/mol. The van der Waals surface area contributed by atoms with Crippen LogP contribution in [0.4, 0.5) is 14.6 Å². The topological polar surface area (TPSA) is 84.1 Å². The Morgan fingerprint density at radius 3 is 2.63 bits per heavy atom. The van der Waals surface area contributed by atoms with Gasteiger partial charge in [-0.3, -0.25) is 0 Å². The highest BCUT2D eigenvalue weighted by atomic mass is 19.1. The molecule has 0 aliphatic rings. The number of fused-ring (bicyclic) bond motifs is 1. The van der Waals surface area contributed by atoms with Gasteiger partial charge >= 0.3 is 0 Å². The lowest BCUT2D eigenvalue weighted by atomic mass is 10.0. The van der Waals surface area contributed by atoms with Crippen molar-refractivity contribution in [2.45, 2.75) is 26.3 Å². The summed E-state index contributed by atoms with van der Waals surface area (Å²) in [6.07, 6.45) is 0.846. The molecule has 0 fully saturated rings. The van der Waals surface area contributed by atoms with Crippen molar-refractivity contribution < 1.29 is 13.9 Å². The van der Waals surface area contributed by atoms with Crippen molar-refractivity contribution in [3.8, 4) is 17.1 Å². The Hall–Kier alpha value is -2.80. The first-order chi connectivity index (χ1) is 12.8. The number of phenolic OH excluding ortho intramolecular Hbond substituents is 1. The maximum Gasteiger partial charge on any atom is 0.168 e. The molecule has 4 N–H and O–H groups in total. The molecule has 142 valence electrons. The van der Waals surface area contributed by atoms with E-state index in [0.29, 0.717) is 29.9 Å². The van der Waals surface area contributed by atoms with Crippen LogP contribution in [-0.2, 0) is 0 Å². The van der Waals surface area contributed by atoms with Crippen LogP contribution >= 0.6 is 0 Å². The zero-order valence-corrected chi connectivity index (χ0v) is 15.2. The number of aromatic nitrogens is 2. The summed E-state index contributed by atoms with van der Waals surface area (Å²) in [6.45, 7) is 4.68. The zero-order chi connectivity index (χ0) is 19.6. The first-order valence-electron chi connectivity index (χ1n) is 8.79. The van der Waals surface area contributed by atoms with E-state index in [1.165, 1.54) is 0 Å². The Morgan fingerprint density at radius 1 is 1.15 bits per heavy atom. The number of nitrogens with two attached hydrogens (primary N) is 1. The van der Waals surface area contributed by atoms with Crippen molar-refractivity contribution in [1.29, 1.82) is 0 Å². The van der Waals surface area contributed by atoms with Gasteiger partial charge in [0.05, 0.1) is 11.1 Å². The number of aromatic hydroxyl groups is 1. The Morgan fingerprint density at radius 2 is 1.89 bits per heavy atom. The van der Waals surface area contributed by atoms with Gasteiger partial charge in [0.1, 0.15) is 11.6 Å². The van der Waals surface area contributed by atoms with Crippen LogP contribution in [0.5, 0.6) is 5.75 Å². The maximum absolute atomic E-state index is 13.7. The third-order valence-corrected chi connectivity index (χ3v) is 4.18. The van der Waals surface area contributed by atoms with Crippen molar-refractivity contribution in [2.75, 3.05) is 11.9 Å². The summed E-state index contributed by atoms with van der Waals surface area (Å²) >= 11 is 0. The lowest BCUT2D eigenvalue weighted by Gasteiger charge is -2.17. The van der Waals surface area contributed by atoms with Gasteiger partial charge in [-0.05, 0) is 30.5 Å². The molecule has 0 saturated heterocycles. The summed E-state index contributed by atoms with van der Waals surface area (Å²) in [6, 6.07) is 8.83. The number of benzene rings is 2. The first kappa shape index (κ1) is 19.0. The Balaban J connectivity index is 2.03. The molecule has 0 saturated carbocycles. The van der Waals surface area contributed by atoms with Gasteiger partial charge in [-0.25, -0.2) is 18.7 Å². The lowest BCUT2D eigenvalue weighted by molar-refractivity contribution is 0.429. The molecule has 1 atom stereocenters. The van der Waals surface area contributed by atoms with E-state index in [1.807, 2.05) is 12.1 Å². The van der Waals surface area contributed by atoms with Crippen LogP contribution < -0.4 is 11.1 Å². The number of para-hydroxylation sites is 1. The molecule has 27 heavy (non-hydrogen) atoms. The molecule has 0 bridgehead atoms. The van der Waals surface area contributed by atoms with Gasteiger partial charge in [0, 0.05) is 24.0 Å². The molecule has 0 aliphatic carbocycles. The molecule has 0 radical (unpaired) electrons. The average molecular weight is 372 g/mol. The first-order valence-corrected chi connectivity index (χ1v) is 8.79. The minimum atomic E-state index is -1.06. The van der Waals surface area contributed by atoms with Crippen molar-refractivity contribution in [3.05, 3.63) is 48.0 Å². The number of hydrogen-bond acceptors (Lipinski definition) is 5. The third-order valence-electron chi connectivity index (χ3n) is 4.18. The van der Waals surface area contributed by atoms with Gasteiger partial charge in [0.15, 0.2) is 17.4 Å². The quantitative estimate of drug-likeness (QED) is 0.608. The van der Waals surface area contributed by atoms with Crippen LogP contribution in [0.3, 0.4) is 0 Å². The van der Waals surface area contributed by atoms with Crippen molar-refractivity contribution in [1.82, 2.24) is 9.97 Å². The lowest BCUT2D eigenvalue weighted by Crippen LogP contribution is -2.30. The fourth-order valence-electron chi connectivity index (χ4n) is 2.98. The van der Waals surface area contributed by atoms with Gasteiger partial charge in [-0.1, -0.05) is 26.0 Å². The minimum Gasteiger partial charge on any atom is -0.504 e. The van der Waals surface area contributed by atoms with Crippen molar-refractivity contribution in [2.24, 2.45) is 11.7 Å². The Bertz CT molecular complexity index is 962. The number of nitrogens with zero attached hydrogens (tertiary/aromatic N) is 2. The summed E-state index contributed by atoms with van der Waals surface area (Å²) in [5, 5.41) is 14.0. The summed E-state index contributed by atoms with van der Waals surface area (Å²) in [5.41, 5.74) is 6.62. The van der Waals surface area contributed by atoms with E-state index >= 15 is 0 Å². The predicted molar refractivity (Wildman–Crippen MR) is 102 cm³/mol. The second-order valence-electron chi connectivity index (χ2n) is 6.97. The highest BCUT2D eigenvalue weighted by Crippen LogP contribution is 2.32. The molecule has 7 heteroatoms. The monoisotopic (exact) mass is 372 g/mol. The fraction of sp³-hybridized carbons (Fsp3) is 0.300. The third kappa shape index (κ3) is 4.31. The molecule has 2 aromatic carbocycles. The molecule has 1 unspecified atom stereocenters. The highest BCUT2D eigenvalue weighted by molar-refractivity contribution is 5.90. The van der Waals surface area contributed by atoms with Gasteiger partial charge < -0.3 is 16.2 Å². The summed E-state index contributed by atoms with van der Waals surface area (Å²) in [4.78, 5) is 8.74. The second kappa shape index (κ2) is 7.84. The van der Waals surface area contributed by atoms with Crippen molar-refractivity contribution in [3.63, 3.8) is 0 Å². The van der Waals surface area contributed by atoms with Crippen LogP contribution in [0.25, 0.3) is 22.3 Å². The van der Waals surface area contributed by atoms with Gasteiger partial charge in [-0.15, -0.1) is 0 Å². The van der Waals surface area contributed by atoms with E-state index in [-0.39, 0.29) is 17.4 Å². The number of nitrogens with one attached hydrogen (secondary N) is 1. The van der Waals surface area contributed by atoms with Crippen LogP contribution in [0.15, 0.2) is 36.4 Å². The number of rotatable bonds is 6. The largest absolute Gasteiger partial charge is 0.504 e. The fourth-order valence-corrected chi connectivity index (χ4v) is 2.98. The zero-order valence-electron chi connectivity index (χ0n) is 15.2. The molecule has 1 aromatic heterocycles. The Labute approximate surface area is 156 Å². The molecule has 5 nitrogen and oxygen atoms in total. The molecular formula is C20H22F2N4O. The summed E-state index contributed by atoms with van der Waals surface area (Å²) in [5.74, 6) is -1.56. The summed E-state index contributed by atoms with van der Waals surface area (Å²) in [7, 11) is 0. The van der Waals surface area contributed by atoms with E-state index in [2.05, 4.69) is 29.1 Å². The van der Waals surface area contributed by atoms with Gasteiger partial charge in [0.2, 0.25) is 0 Å². The van der Waals surface area contributed by atoms with E-state index < -0.39 is 17.4 Å². The highest BCUT2D eigenvalue weighted by Gasteiger charge is 2.17. The van der Waals surface area contributed by atoms with E-state index in [0.717, 1.165) is 17.9 Å². The molecule has 1 heterocycles. The normalized spacial score (nSPS) is 12.5. The number of phenols is 1. The SMILES string of the molecule is CC(C)CC(N)CNc1nc(-c2cc(F)cc(F)c2O)nc2ccccc12. The second-order valence-corrected chi connectivity index (χ2v) is 6.97. The van der Waals surface area contributed by atoms with Crippen LogP contribution in [0.2, 0.25) is 0 Å². The number of hydrogen-bond donors (Lipinski definition) is 3. The molecule has 0 amide bonds. The van der Waals surface area contributed by atoms with E-state index in [4.69, 9.17) is 5.73 Å². The van der Waals surface area contributed by atoms with Crippen LogP contribution in [0, 0.1) is 17.6 Å². The minimum absolute atomic E-state index is 0.0320. The molecule has 3 aromatic rings. The van der Waals surface area contributed by atoms with Crippen LogP contribution in [-0.4, -0.2) is 27.7 Å². The maximum atomic E-state index is 13.7. The predicted octanol–water partition coefficient (Wildman–Crippen LogP) is 4.07. The van der Waals surface area contributed by atoms with Gasteiger partial charge in [0.25, 0.3) is 0 Å².